The first-order valence-corrected chi connectivity index (χ1v) is 5.06. The third-order valence-corrected chi connectivity index (χ3v) is 2.58. The lowest BCUT2D eigenvalue weighted by Gasteiger charge is -2.13. The molecule has 13 heavy (non-hydrogen) atoms. The zero-order chi connectivity index (χ0) is 9.26. The fraction of sp³-hybridized carbons (Fsp3) is 0.444. The van der Waals surface area contributed by atoms with Crippen molar-refractivity contribution in [2.45, 2.75) is 19.4 Å². The number of amides is 1. The first kappa shape index (κ1) is 8.81. The van der Waals surface area contributed by atoms with Crippen molar-refractivity contribution in [1.82, 2.24) is 4.90 Å². The van der Waals surface area contributed by atoms with Gasteiger partial charge in [-0.05, 0) is 28.4 Å². The van der Waals surface area contributed by atoms with Gasteiger partial charge in [0.1, 0.15) is 0 Å². The summed E-state index contributed by atoms with van der Waals surface area (Å²) < 4.78 is 5.81. The van der Waals surface area contributed by atoms with Crippen molar-refractivity contribution in [1.29, 1.82) is 0 Å². The zero-order valence-corrected chi connectivity index (χ0v) is 8.71. The maximum absolute atomic E-state index is 11.3. The Bertz CT molecular complexity index is 321. The van der Waals surface area contributed by atoms with Crippen molar-refractivity contribution >= 4 is 21.8 Å². The molecule has 70 valence electrons. The van der Waals surface area contributed by atoms with Gasteiger partial charge in [-0.15, -0.1) is 0 Å². The molecule has 1 amide bonds. The average molecular weight is 244 g/mol. The number of nitrogens with zero attached hydrogens (tertiary/aromatic N) is 1. The van der Waals surface area contributed by atoms with Crippen LogP contribution in [0.1, 0.15) is 18.4 Å². The highest BCUT2D eigenvalue weighted by molar-refractivity contribution is 9.10. The van der Waals surface area contributed by atoms with E-state index in [2.05, 4.69) is 15.9 Å². The van der Waals surface area contributed by atoms with Crippen LogP contribution in [0, 0.1) is 0 Å². The van der Waals surface area contributed by atoms with Gasteiger partial charge in [0.15, 0.2) is 4.67 Å². The van der Waals surface area contributed by atoms with E-state index >= 15 is 0 Å². The third-order valence-electron chi connectivity index (χ3n) is 2.17. The molecule has 4 heteroatoms. The summed E-state index contributed by atoms with van der Waals surface area (Å²) in [7, 11) is 0. The monoisotopic (exact) mass is 243 g/mol. The van der Waals surface area contributed by atoms with E-state index in [1.807, 2.05) is 11.0 Å². The Kier molecular flexibility index (Phi) is 2.40. The van der Waals surface area contributed by atoms with Gasteiger partial charge in [-0.1, -0.05) is 0 Å². The third kappa shape index (κ3) is 1.94. The lowest BCUT2D eigenvalue weighted by atomic mass is 10.3. The van der Waals surface area contributed by atoms with Gasteiger partial charge in [-0.25, -0.2) is 0 Å². The van der Waals surface area contributed by atoms with Gasteiger partial charge in [-0.2, -0.15) is 0 Å². The van der Waals surface area contributed by atoms with E-state index in [4.69, 9.17) is 4.42 Å². The molecule has 2 rings (SSSR count). The Labute approximate surface area is 84.8 Å². The molecule has 0 N–H and O–H groups in total. The fourth-order valence-corrected chi connectivity index (χ4v) is 1.91. The second-order valence-corrected chi connectivity index (χ2v) is 3.96. The second-order valence-electron chi connectivity index (χ2n) is 3.18. The van der Waals surface area contributed by atoms with E-state index in [0.29, 0.717) is 17.6 Å². The van der Waals surface area contributed by atoms with Crippen molar-refractivity contribution in [3.8, 4) is 0 Å². The molecular weight excluding hydrogens is 234 g/mol. The summed E-state index contributed by atoms with van der Waals surface area (Å²) in [6, 6.07) is 1.89. The van der Waals surface area contributed by atoms with Gasteiger partial charge in [0.25, 0.3) is 0 Å². The highest BCUT2D eigenvalue weighted by Gasteiger charge is 2.20. The molecule has 0 aliphatic carbocycles. The van der Waals surface area contributed by atoms with Crippen LogP contribution in [0.5, 0.6) is 0 Å². The van der Waals surface area contributed by atoms with Crippen molar-refractivity contribution < 1.29 is 9.21 Å². The largest absolute Gasteiger partial charge is 0.457 e. The molecule has 1 saturated heterocycles. The summed E-state index contributed by atoms with van der Waals surface area (Å²) in [6.45, 7) is 1.55. The topological polar surface area (TPSA) is 33.5 Å². The molecule has 0 radical (unpaired) electrons. The van der Waals surface area contributed by atoms with E-state index in [9.17, 15) is 4.79 Å². The Morgan fingerprint density at radius 1 is 1.62 bits per heavy atom. The first-order valence-electron chi connectivity index (χ1n) is 4.26. The number of carbonyl (C=O) groups is 1. The van der Waals surface area contributed by atoms with Gasteiger partial charge >= 0.3 is 0 Å². The van der Waals surface area contributed by atoms with E-state index in [0.717, 1.165) is 18.5 Å². The van der Waals surface area contributed by atoms with Crippen LogP contribution in [0.25, 0.3) is 0 Å². The SMILES string of the molecule is O=C1CCCN1Cc1coc(Br)c1. The Balaban J connectivity index is 2.01. The molecule has 0 unspecified atom stereocenters. The van der Waals surface area contributed by atoms with Crippen LogP contribution < -0.4 is 0 Å². The molecule has 0 spiro atoms. The van der Waals surface area contributed by atoms with Crippen LogP contribution in [0.2, 0.25) is 0 Å². The molecule has 1 fully saturated rings. The lowest BCUT2D eigenvalue weighted by Crippen LogP contribution is -2.23. The molecule has 0 saturated carbocycles. The van der Waals surface area contributed by atoms with Crippen LogP contribution in [0.15, 0.2) is 21.4 Å². The van der Waals surface area contributed by atoms with E-state index < -0.39 is 0 Å². The predicted molar refractivity (Wildman–Crippen MR) is 51.1 cm³/mol. The average Bonchev–Trinajstić information content (AvgIpc) is 2.64. The van der Waals surface area contributed by atoms with Gasteiger partial charge in [0.05, 0.1) is 6.26 Å². The van der Waals surface area contributed by atoms with Gasteiger partial charge < -0.3 is 9.32 Å². The molecule has 1 aliphatic rings. The minimum Gasteiger partial charge on any atom is -0.457 e. The van der Waals surface area contributed by atoms with Crippen molar-refractivity contribution in [2.75, 3.05) is 6.54 Å². The predicted octanol–water partition coefficient (Wildman–Crippen LogP) is 2.16. The highest BCUT2D eigenvalue weighted by atomic mass is 79.9. The molecule has 0 aromatic carbocycles. The number of hydrogen-bond acceptors (Lipinski definition) is 2. The molecular formula is C9H10BrNO2. The number of carbonyl (C=O) groups excluding carboxylic acids is 1. The fourth-order valence-electron chi connectivity index (χ4n) is 1.52. The minimum absolute atomic E-state index is 0.248. The van der Waals surface area contributed by atoms with Crippen molar-refractivity contribution in [3.63, 3.8) is 0 Å². The smallest absolute Gasteiger partial charge is 0.222 e. The number of halogens is 1. The van der Waals surface area contributed by atoms with Gasteiger partial charge in [0.2, 0.25) is 5.91 Å². The lowest BCUT2D eigenvalue weighted by molar-refractivity contribution is -0.128. The summed E-state index contributed by atoms with van der Waals surface area (Å²) in [4.78, 5) is 13.1. The van der Waals surface area contributed by atoms with E-state index in [1.54, 1.807) is 6.26 Å². The normalized spacial score (nSPS) is 17.0. The number of rotatable bonds is 2. The maximum atomic E-state index is 11.3. The van der Waals surface area contributed by atoms with Gasteiger partial charge in [-0.3, -0.25) is 4.79 Å². The van der Waals surface area contributed by atoms with E-state index in [1.165, 1.54) is 0 Å². The zero-order valence-electron chi connectivity index (χ0n) is 7.12. The molecule has 1 aromatic rings. The van der Waals surface area contributed by atoms with Crippen molar-refractivity contribution in [3.05, 3.63) is 22.6 Å². The molecule has 0 bridgehead atoms. The molecule has 1 aromatic heterocycles. The quantitative estimate of drug-likeness (QED) is 0.798. The summed E-state index contributed by atoms with van der Waals surface area (Å²) in [5.74, 6) is 0.248. The second kappa shape index (κ2) is 3.54. The van der Waals surface area contributed by atoms with E-state index in [-0.39, 0.29) is 5.91 Å². The number of hydrogen-bond donors (Lipinski definition) is 0. The van der Waals surface area contributed by atoms with Crippen LogP contribution in [-0.2, 0) is 11.3 Å². The molecule has 3 nitrogen and oxygen atoms in total. The molecule has 2 heterocycles. The number of furan rings is 1. The van der Waals surface area contributed by atoms with Crippen molar-refractivity contribution in [2.24, 2.45) is 0 Å². The standard InChI is InChI=1S/C9H10BrNO2/c10-8-4-7(6-13-8)5-11-3-1-2-9(11)12/h4,6H,1-3,5H2. The Hall–Kier alpha value is -0.770. The minimum atomic E-state index is 0.248. The molecule has 0 atom stereocenters. The first-order chi connectivity index (χ1) is 6.25. The number of likely N-dealkylation sites (tertiary alicyclic amines) is 1. The Morgan fingerprint density at radius 3 is 3.00 bits per heavy atom. The summed E-state index contributed by atoms with van der Waals surface area (Å²) in [6.07, 6.45) is 3.35. The summed E-state index contributed by atoms with van der Waals surface area (Å²) in [5, 5.41) is 0. The highest BCUT2D eigenvalue weighted by Crippen LogP contribution is 2.18. The summed E-state index contributed by atoms with van der Waals surface area (Å²) in [5.41, 5.74) is 1.04. The van der Waals surface area contributed by atoms with Crippen LogP contribution in [-0.4, -0.2) is 17.4 Å². The van der Waals surface area contributed by atoms with Crippen LogP contribution >= 0.6 is 15.9 Å². The van der Waals surface area contributed by atoms with Crippen LogP contribution in [0.3, 0.4) is 0 Å². The molecule has 1 aliphatic heterocycles. The van der Waals surface area contributed by atoms with Crippen LogP contribution in [0.4, 0.5) is 0 Å². The van der Waals surface area contributed by atoms with Gasteiger partial charge in [0, 0.05) is 25.1 Å². The Morgan fingerprint density at radius 2 is 2.46 bits per heavy atom. The summed E-state index contributed by atoms with van der Waals surface area (Å²) >= 11 is 3.23. The maximum Gasteiger partial charge on any atom is 0.222 e.